The molecule has 3 nitrogen and oxygen atoms in total. The Morgan fingerprint density at radius 2 is 2.21 bits per heavy atom. The molecule has 0 aromatic rings. The molecule has 4 heteroatoms. The van der Waals surface area contributed by atoms with Gasteiger partial charge in [-0.15, -0.1) is 11.6 Å². The number of ether oxygens (including phenoxy) is 1. The first-order chi connectivity index (χ1) is 6.74. The van der Waals surface area contributed by atoms with Gasteiger partial charge < -0.3 is 10.1 Å². The first-order valence-electron chi connectivity index (χ1n) is 5.25. The molecule has 1 fully saturated rings. The lowest BCUT2D eigenvalue weighted by molar-refractivity contribution is -0.126. The lowest BCUT2D eigenvalue weighted by Crippen LogP contribution is -2.44. The molecule has 0 heterocycles. The van der Waals surface area contributed by atoms with Gasteiger partial charge in [-0.05, 0) is 19.8 Å². The number of nitrogens with one attached hydrogen (secondary N) is 1. The van der Waals surface area contributed by atoms with E-state index in [1.54, 1.807) is 0 Å². The zero-order valence-electron chi connectivity index (χ0n) is 8.59. The summed E-state index contributed by atoms with van der Waals surface area (Å²) >= 11 is 6.11. The van der Waals surface area contributed by atoms with Crippen LogP contribution in [0.3, 0.4) is 0 Å². The highest BCUT2D eigenvalue weighted by molar-refractivity contribution is 6.21. The second kappa shape index (κ2) is 6.25. The first-order valence-corrected chi connectivity index (χ1v) is 5.69. The molecule has 0 aliphatic heterocycles. The molecule has 1 rings (SSSR count). The fraction of sp³-hybridized carbons (Fsp3) is 0.900. The summed E-state index contributed by atoms with van der Waals surface area (Å²) in [4.78, 5) is 11.3. The molecule has 0 aromatic heterocycles. The van der Waals surface area contributed by atoms with Gasteiger partial charge in [0.25, 0.3) is 0 Å². The molecule has 0 radical (unpaired) electrons. The maximum absolute atomic E-state index is 11.3. The van der Waals surface area contributed by atoms with Gasteiger partial charge in [0, 0.05) is 12.6 Å². The molecule has 2 unspecified atom stereocenters. The minimum absolute atomic E-state index is 0.0515. The number of halogens is 1. The van der Waals surface area contributed by atoms with E-state index in [-0.39, 0.29) is 23.9 Å². The Hall–Kier alpha value is -0.280. The van der Waals surface area contributed by atoms with E-state index in [9.17, 15) is 4.79 Å². The molecule has 14 heavy (non-hydrogen) atoms. The molecule has 0 saturated heterocycles. The van der Waals surface area contributed by atoms with E-state index in [2.05, 4.69) is 5.32 Å². The molecule has 1 amide bonds. The molecule has 0 spiro atoms. The number of carbonyl (C=O) groups is 1. The SMILES string of the molecule is CCOCC(=O)NC1CCCCC1Cl. The zero-order chi connectivity index (χ0) is 10.4. The Bertz CT molecular complexity index is 187. The maximum atomic E-state index is 11.3. The van der Waals surface area contributed by atoms with Crippen molar-refractivity contribution in [3.05, 3.63) is 0 Å². The van der Waals surface area contributed by atoms with Crippen LogP contribution in [0.1, 0.15) is 32.6 Å². The summed E-state index contributed by atoms with van der Waals surface area (Å²) < 4.78 is 5.02. The Morgan fingerprint density at radius 3 is 2.86 bits per heavy atom. The van der Waals surface area contributed by atoms with Crippen molar-refractivity contribution < 1.29 is 9.53 Å². The van der Waals surface area contributed by atoms with Gasteiger partial charge in [0.05, 0.1) is 5.38 Å². The first kappa shape index (κ1) is 11.8. The van der Waals surface area contributed by atoms with E-state index in [1.165, 1.54) is 6.42 Å². The second-order valence-electron chi connectivity index (χ2n) is 3.61. The number of alkyl halides is 1. The van der Waals surface area contributed by atoms with Crippen LogP contribution in [0.5, 0.6) is 0 Å². The van der Waals surface area contributed by atoms with Crippen LogP contribution in [0.25, 0.3) is 0 Å². The number of hydrogen-bond donors (Lipinski definition) is 1. The average Bonchev–Trinajstić information content (AvgIpc) is 2.18. The van der Waals surface area contributed by atoms with Crippen molar-refractivity contribution in [1.29, 1.82) is 0 Å². The van der Waals surface area contributed by atoms with Crippen LogP contribution in [0.4, 0.5) is 0 Å². The molecular formula is C10H18ClNO2. The Labute approximate surface area is 90.1 Å². The van der Waals surface area contributed by atoms with E-state index in [0.717, 1.165) is 19.3 Å². The van der Waals surface area contributed by atoms with Gasteiger partial charge in [-0.2, -0.15) is 0 Å². The van der Waals surface area contributed by atoms with Crippen LogP contribution in [0, 0.1) is 0 Å². The van der Waals surface area contributed by atoms with Gasteiger partial charge in [0.15, 0.2) is 0 Å². The van der Waals surface area contributed by atoms with Crippen molar-refractivity contribution in [2.75, 3.05) is 13.2 Å². The van der Waals surface area contributed by atoms with Crippen molar-refractivity contribution in [1.82, 2.24) is 5.32 Å². The van der Waals surface area contributed by atoms with Crippen LogP contribution in [0.15, 0.2) is 0 Å². The van der Waals surface area contributed by atoms with Crippen LogP contribution >= 0.6 is 11.6 Å². The number of amides is 1. The molecule has 0 bridgehead atoms. The quantitative estimate of drug-likeness (QED) is 0.731. The van der Waals surface area contributed by atoms with Gasteiger partial charge in [0.2, 0.25) is 5.91 Å². The largest absolute Gasteiger partial charge is 0.372 e. The van der Waals surface area contributed by atoms with Gasteiger partial charge in [0.1, 0.15) is 6.61 Å². The standard InChI is InChI=1S/C10H18ClNO2/c1-2-14-7-10(13)12-9-6-4-3-5-8(9)11/h8-9H,2-7H2,1H3,(H,12,13). The summed E-state index contributed by atoms with van der Waals surface area (Å²) in [6, 6.07) is 0.137. The highest BCUT2D eigenvalue weighted by atomic mass is 35.5. The summed E-state index contributed by atoms with van der Waals surface area (Å²) in [5.74, 6) is -0.0515. The Balaban J connectivity index is 2.23. The normalized spacial score (nSPS) is 27.3. The predicted molar refractivity (Wildman–Crippen MR) is 56.5 cm³/mol. The lowest BCUT2D eigenvalue weighted by atomic mass is 9.95. The summed E-state index contributed by atoms with van der Waals surface area (Å²) in [6.45, 7) is 2.59. The topological polar surface area (TPSA) is 38.3 Å². The van der Waals surface area contributed by atoms with Crippen molar-refractivity contribution in [2.45, 2.75) is 44.0 Å². The fourth-order valence-electron chi connectivity index (χ4n) is 1.69. The van der Waals surface area contributed by atoms with Crippen molar-refractivity contribution in [2.24, 2.45) is 0 Å². The van der Waals surface area contributed by atoms with Gasteiger partial charge in [-0.3, -0.25) is 4.79 Å². The van der Waals surface area contributed by atoms with Crippen LogP contribution in [-0.4, -0.2) is 30.5 Å². The third kappa shape index (κ3) is 3.84. The van der Waals surface area contributed by atoms with E-state index < -0.39 is 0 Å². The molecule has 1 saturated carbocycles. The summed E-state index contributed by atoms with van der Waals surface area (Å²) in [7, 11) is 0. The van der Waals surface area contributed by atoms with E-state index in [4.69, 9.17) is 16.3 Å². The molecular weight excluding hydrogens is 202 g/mol. The lowest BCUT2D eigenvalue weighted by Gasteiger charge is -2.27. The van der Waals surface area contributed by atoms with Crippen LogP contribution in [-0.2, 0) is 9.53 Å². The minimum Gasteiger partial charge on any atom is -0.372 e. The maximum Gasteiger partial charge on any atom is 0.246 e. The van der Waals surface area contributed by atoms with Crippen LogP contribution < -0.4 is 5.32 Å². The number of carbonyl (C=O) groups excluding carboxylic acids is 1. The third-order valence-corrected chi connectivity index (χ3v) is 2.99. The minimum atomic E-state index is -0.0515. The molecule has 0 aromatic carbocycles. The number of rotatable bonds is 4. The molecule has 1 aliphatic carbocycles. The summed E-state index contributed by atoms with van der Waals surface area (Å²) in [6.07, 6.45) is 4.32. The highest BCUT2D eigenvalue weighted by Crippen LogP contribution is 2.22. The molecule has 82 valence electrons. The summed E-state index contributed by atoms with van der Waals surface area (Å²) in [5, 5.41) is 3.00. The molecule has 1 aliphatic rings. The fourth-order valence-corrected chi connectivity index (χ4v) is 2.03. The Morgan fingerprint density at radius 1 is 1.50 bits per heavy atom. The third-order valence-electron chi connectivity index (χ3n) is 2.47. The zero-order valence-corrected chi connectivity index (χ0v) is 9.35. The smallest absolute Gasteiger partial charge is 0.246 e. The predicted octanol–water partition coefficient (Wildman–Crippen LogP) is 1.69. The van der Waals surface area contributed by atoms with Crippen molar-refractivity contribution in [3.63, 3.8) is 0 Å². The Kier molecular flexibility index (Phi) is 5.26. The molecule has 1 N–H and O–H groups in total. The second-order valence-corrected chi connectivity index (χ2v) is 4.17. The number of hydrogen-bond acceptors (Lipinski definition) is 2. The van der Waals surface area contributed by atoms with E-state index in [1.807, 2.05) is 6.92 Å². The van der Waals surface area contributed by atoms with Gasteiger partial charge in [-0.1, -0.05) is 12.8 Å². The van der Waals surface area contributed by atoms with Gasteiger partial charge >= 0.3 is 0 Å². The summed E-state index contributed by atoms with van der Waals surface area (Å²) in [5.41, 5.74) is 0. The highest BCUT2D eigenvalue weighted by Gasteiger charge is 2.24. The van der Waals surface area contributed by atoms with E-state index >= 15 is 0 Å². The van der Waals surface area contributed by atoms with Crippen LogP contribution in [0.2, 0.25) is 0 Å². The monoisotopic (exact) mass is 219 g/mol. The molecule has 2 atom stereocenters. The van der Waals surface area contributed by atoms with Crippen molar-refractivity contribution >= 4 is 17.5 Å². The van der Waals surface area contributed by atoms with Gasteiger partial charge in [-0.25, -0.2) is 0 Å². The van der Waals surface area contributed by atoms with Crippen molar-refractivity contribution in [3.8, 4) is 0 Å². The average molecular weight is 220 g/mol. The van der Waals surface area contributed by atoms with E-state index in [0.29, 0.717) is 6.61 Å².